The molecule has 2 aromatic heterocycles. The Labute approximate surface area is 204 Å². The van der Waals surface area contributed by atoms with Gasteiger partial charge in [0.25, 0.3) is 5.91 Å². The van der Waals surface area contributed by atoms with Crippen LogP contribution in [0.1, 0.15) is 50.9 Å². The lowest BCUT2D eigenvalue weighted by atomic mass is 10.0. The molecule has 0 radical (unpaired) electrons. The van der Waals surface area contributed by atoms with Gasteiger partial charge in [-0.2, -0.15) is 5.10 Å². The molecule has 2 aromatic rings. The average molecular weight is 482 g/mol. The van der Waals surface area contributed by atoms with Gasteiger partial charge in [-0.15, -0.1) is 0 Å². The second-order valence-electron chi connectivity index (χ2n) is 10.9. The molecule has 0 spiro atoms. The normalized spacial score (nSPS) is 16.9. The van der Waals surface area contributed by atoms with Gasteiger partial charge in [-0.3, -0.25) is 9.78 Å². The summed E-state index contributed by atoms with van der Waals surface area (Å²) in [5.41, 5.74) is 12.7. The molecule has 34 heavy (non-hydrogen) atoms. The summed E-state index contributed by atoms with van der Waals surface area (Å²) in [5.74, 6) is 0.821. The monoisotopic (exact) mass is 481 g/mol. The van der Waals surface area contributed by atoms with Crippen LogP contribution >= 0.6 is 0 Å². The first kappa shape index (κ1) is 24.7. The van der Waals surface area contributed by atoms with E-state index in [0.717, 1.165) is 54.7 Å². The Balaban J connectivity index is 1.49. The third kappa shape index (κ3) is 5.44. The zero-order chi connectivity index (χ0) is 24.6. The fraction of sp³-hybridized carbons (Fsp3) is 0.577. The van der Waals surface area contributed by atoms with Gasteiger partial charge in [0.05, 0.1) is 42.7 Å². The number of carbonyl (C=O) groups is 1. The van der Waals surface area contributed by atoms with Crippen LogP contribution in [-0.4, -0.2) is 34.5 Å². The van der Waals surface area contributed by atoms with Crippen molar-refractivity contribution in [1.82, 2.24) is 14.8 Å². The molecule has 4 rings (SSSR count). The number of rotatable bonds is 10. The molecule has 1 atom stereocenters. The zero-order valence-corrected chi connectivity index (χ0v) is 22.4. The van der Waals surface area contributed by atoms with Gasteiger partial charge in [0, 0.05) is 11.3 Å². The number of aryl methyl sites for hydroxylation is 1. The first-order valence-electron chi connectivity index (χ1n) is 12.5. The minimum Gasteiger partial charge on any atom is -0.394 e. The number of hydrogen-bond donors (Lipinski definition) is 2. The van der Waals surface area contributed by atoms with Crippen LogP contribution in [0.25, 0.3) is 11.3 Å². The van der Waals surface area contributed by atoms with E-state index in [9.17, 15) is 4.79 Å². The van der Waals surface area contributed by atoms with E-state index in [2.05, 4.69) is 43.8 Å². The Kier molecular flexibility index (Phi) is 7.01. The molecular formula is C26H39N5O2Si. The number of anilines is 1. The van der Waals surface area contributed by atoms with Crippen molar-refractivity contribution in [2.45, 2.75) is 85.0 Å². The van der Waals surface area contributed by atoms with Crippen LogP contribution in [0.5, 0.6) is 0 Å². The number of hydrogen-bond acceptors (Lipinski definition) is 5. The second kappa shape index (κ2) is 9.66. The molecular weight excluding hydrogens is 442 g/mol. The number of nitrogens with two attached hydrogens (primary N) is 1. The van der Waals surface area contributed by atoms with Crippen LogP contribution in [0, 0.1) is 18.8 Å². The predicted octanol–water partition coefficient (Wildman–Crippen LogP) is 5.03. The maximum Gasteiger partial charge on any atom is 0.271 e. The molecule has 0 aromatic carbocycles. The molecule has 8 heteroatoms. The van der Waals surface area contributed by atoms with Gasteiger partial charge in [-0.25, -0.2) is 4.68 Å². The predicted molar refractivity (Wildman–Crippen MR) is 139 cm³/mol. The molecule has 7 nitrogen and oxygen atoms in total. The molecule has 184 valence electrons. The van der Waals surface area contributed by atoms with Gasteiger partial charge < -0.3 is 15.8 Å². The lowest BCUT2D eigenvalue weighted by Crippen LogP contribution is -2.38. The number of pyridine rings is 1. The van der Waals surface area contributed by atoms with Gasteiger partial charge in [-0.1, -0.05) is 26.6 Å². The molecule has 2 saturated carbocycles. The van der Waals surface area contributed by atoms with Crippen molar-refractivity contribution >= 4 is 19.7 Å². The molecule has 1 amide bonds. The third-order valence-electron chi connectivity index (χ3n) is 7.10. The Morgan fingerprint density at radius 2 is 1.88 bits per heavy atom. The van der Waals surface area contributed by atoms with Crippen LogP contribution < -0.4 is 11.1 Å². The zero-order valence-electron chi connectivity index (χ0n) is 21.4. The maximum atomic E-state index is 12.8. The molecule has 0 unspecified atom stereocenters. The highest BCUT2D eigenvalue weighted by atomic mass is 28.3. The molecule has 2 aliphatic rings. The molecule has 0 aliphatic heterocycles. The second-order valence-corrected chi connectivity index (χ2v) is 16.4. The topological polar surface area (TPSA) is 95.1 Å². The van der Waals surface area contributed by atoms with Gasteiger partial charge in [0.1, 0.15) is 6.73 Å². The largest absolute Gasteiger partial charge is 0.394 e. The average Bonchev–Trinajstić information content (AvgIpc) is 3.71. The van der Waals surface area contributed by atoms with Crippen molar-refractivity contribution in [2.24, 2.45) is 17.6 Å². The van der Waals surface area contributed by atoms with Gasteiger partial charge in [0.2, 0.25) is 0 Å². The van der Waals surface area contributed by atoms with Crippen molar-refractivity contribution in [3.8, 4) is 11.3 Å². The minimum absolute atomic E-state index is 0.213. The van der Waals surface area contributed by atoms with Crippen molar-refractivity contribution in [1.29, 1.82) is 0 Å². The summed E-state index contributed by atoms with van der Waals surface area (Å²) in [7, 11) is -1.38. The number of aromatic nitrogens is 3. The lowest BCUT2D eigenvalue weighted by molar-refractivity contribution is -0.113. The summed E-state index contributed by atoms with van der Waals surface area (Å²) in [4.78, 5) is 17.4. The molecule has 0 bridgehead atoms. The molecule has 2 fully saturated rings. The van der Waals surface area contributed by atoms with Crippen LogP contribution in [0.4, 0.5) is 5.69 Å². The number of nitrogens with zero attached hydrogens (tertiary/aromatic N) is 3. The number of nitrogens with one attached hydrogen (secondary N) is 1. The first-order chi connectivity index (χ1) is 16.1. The van der Waals surface area contributed by atoms with Crippen molar-refractivity contribution in [2.75, 3.05) is 5.32 Å². The fourth-order valence-corrected chi connectivity index (χ4v) is 4.94. The summed E-state index contributed by atoms with van der Waals surface area (Å²) in [6.07, 6.45) is 7.16. The molecule has 2 heterocycles. The molecule has 2 aliphatic carbocycles. The van der Waals surface area contributed by atoms with E-state index < -0.39 is 8.07 Å². The van der Waals surface area contributed by atoms with Crippen molar-refractivity contribution in [3.05, 3.63) is 41.0 Å². The van der Waals surface area contributed by atoms with Crippen LogP contribution in [0.15, 0.2) is 29.6 Å². The minimum atomic E-state index is -1.38. The third-order valence-corrected chi connectivity index (χ3v) is 9.71. The number of allylic oxidation sites excluding steroid dienone is 1. The van der Waals surface area contributed by atoms with E-state index in [4.69, 9.17) is 15.6 Å². The van der Waals surface area contributed by atoms with Crippen molar-refractivity contribution < 1.29 is 9.53 Å². The van der Waals surface area contributed by atoms with Crippen molar-refractivity contribution in [3.63, 3.8) is 0 Å². The molecule has 3 N–H and O–H groups in total. The quantitative estimate of drug-likeness (QED) is 0.367. The summed E-state index contributed by atoms with van der Waals surface area (Å²) < 4.78 is 8.12. The smallest absolute Gasteiger partial charge is 0.271 e. The standard InChI is InChI=1S/C26H39N5O2Si/c1-7-22-23(16(2)30-31(22)15-33-17(3)34(4,5)6)21-13-12-20(14-28-21)29-26(32)25(27)24(18-8-9-18)19-10-11-19/h12-14,17-19H,7-11,15,27H2,1-6H3,(H,29,32)/t17-/m0/s1. The Morgan fingerprint density at radius 3 is 2.38 bits per heavy atom. The summed E-state index contributed by atoms with van der Waals surface area (Å²) in [6.45, 7) is 13.7. The Hall–Kier alpha value is -2.45. The van der Waals surface area contributed by atoms with E-state index in [-0.39, 0.29) is 11.6 Å². The Morgan fingerprint density at radius 1 is 1.24 bits per heavy atom. The highest BCUT2D eigenvalue weighted by Crippen LogP contribution is 2.49. The van der Waals surface area contributed by atoms with Crippen LogP contribution in [0.2, 0.25) is 19.6 Å². The summed E-state index contributed by atoms with van der Waals surface area (Å²) >= 11 is 0. The fourth-order valence-electron chi connectivity index (χ4n) is 4.37. The highest BCUT2D eigenvalue weighted by molar-refractivity contribution is 6.77. The van der Waals surface area contributed by atoms with Crippen LogP contribution in [0.3, 0.4) is 0 Å². The SMILES string of the molecule is CCc1c(-c2ccc(NC(=O)C(N)=C(C3CC3)C3CC3)cn2)c(C)nn1CO[C@H](C)[Si](C)(C)C. The van der Waals surface area contributed by atoms with Gasteiger partial charge in [-0.05, 0) is 75.5 Å². The van der Waals surface area contributed by atoms with Gasteiger partial charge >= 0.3 is 0 Å². The van der Waals surface area contributed by atoms with Gasteiger partial charge in [0.15, 0.2) is 0 Å². The highest BCUT2D eigenvalue weighted by Gasteiger charge is 2.39. The number of amides is 1. The van der Waals surface area contributed by atoms with E-state index in [1.54, 1.807) is 6.20 Å². The van der Waals surface area contributed by atoms with E-state index >= 15 is 0 Å². The summed E-state index contributed by atoms with van der Waals surface area (Å²) in [5, 5.41) is 7.68. The van der Waals surface area contributed by atoms with Crippen LogP contribution in [-0.2, 0) is 22.7 Å². The van der Waals surface area contributed by atoms with E-state index in [1.807, 2.05) is 23.7 Å². The first-order valence-corrected chi connectivity index (χ1v) is 16.1. The molecule has 0 saturated heterocycles. The van der Waals surface area contributed by atoms with E-state index in [0.29, 0.717) is 30.0 Å². The summed E-state index contributed by atoms with van der Waals surface area (Å²) in [6, 6.07) is 3.83. The number of carbonyl (C=O) groups excluding carboxylic acids is 1. The lowest BCUT2D eigenvalue weighted by Gasteiger charge is -2.25. The van der Waals surface area contributed by atoms with E-state index in [1.165, 1.54) is 5.57 Å². The number of ether oxygens (including phenoxy) is 1. The Bertz CT molecular complexity index is 1060. The maximum absolute atomic E-state index is 12.8.